The molecule has 0 saturated heterocycles. The van der Waals surface area contributed by atoms with Crippen molar-refractivity contribution in [3.05, 3.63) is 12.1 Å². The molecule has 1 heterocycles. The van der Waals surface area contributed by atoms with Gasteiger partial charge in [0.2, 0.25) is 12.7 Å². The summed E-state index contributed by atoms with van der Waals surface area (Å²) in [7, 11) is 0. The third-order valence-electron chi connectivity index (χ3n) is 4.19. The lowest BCUT2D eigenvalue weighted by Gasteiger charge is -2.25. The molecule has 0 atom stereocenters. The number of benzene rings is 1. The van der Waals surface area contributed by atoms with E-state index in [0.29, 0.717) is 22.9 Å². The minimum atomic E-state index is 0.0578. The van der Waals surface area contributed by atoms with Crippen molar-refractivity contribution in [3.63, 3.8) is 0 Å². The average Bonchev–Trinajstić information content (AvgIpc) is 2.87. The molecule has 1 amide bonds. The first kappa shape index (κ1) is 13.1. The Morgan fingerprint density at radius 2 is 1.85 bits per heavy atom. The number of carbonyl (C=O) groups is 1. The van der Waals surface area contributed by atoms with E-state index < -0.39 is 0 Å². The highest BCUT2D eigenvalue weighted by Crippen LogP contribution is 2.39. The number of nitrogen functional groups attached to an aromatic ring is 1. The largest absolute Gasteiger partial charge is 0.454 e. The van der Waals surface area contributed by atoms with Gasteiger partial charge in [-0.3, -0.25) is 4.79 Å². The molecule has 1 aromatic rings. The van der Waals surface area contributed by atoms with Crippen LogP contribution in [0, 0.1) is 11.8 Å². The van der Waals surface area contributed by atoms with Gasteiger partial charge in [-0.25, -0.2) is 0 Å². The average molecular weight is 276 g/mol. The highest BCUT2D eigenvalue weighted by atomic mass is 16.7. The Morgan fingerprint density at radius 1 is 1.20 bits per heavy atom. The van der Waals surface area contributed by atoms with Crippen molar-refractivity contribution in [2.75, 3.05) is 17.8 Å². The van der Waals surface area contributed by atoms with Gasteiger partial charge in [-0.05, 0) is 31.6 Å². The molecular formula is C15H20N2O3. The zero-order valence-electron chi connectivity index (χ0n) is 11.6. The van der Waals surface area contributed by atoms with E-state index in [1.54, 1.807) is 12.1 Å². The molecule has 108 valence electrons. The van der Waals surface area contributed by atoms with E-state index in [-0.39, 0.29) is 18.6 Å². The van der Waals surface area contributed by atoms with Crippen LogP contribution in [0.2, 0.25) is 0 Å². The SMILES string of the molecule is CC1CCC(C(=O)Nc2cc3c(cc2N)OCO3)CC1. The smallest absolute Gasteiger partial charge is 0.231 e. The minimum absolute atomic E-state index is 0.0578. The number of carbonyl (C=O) groups excluding carboxylic acids is 1. The molecule has 3 N–H and O–H groups in total. The normalized spacial score (nSPS) is 24.4. The molecule has 20 heavy (non-hydrogen) atoms. The first-order chi connectivity index (χ1) is 9.63. The molecule has 1 aliphatic carbocycles. The van der Waals surface area contributed by atoms with Crippen LogP contribution < -0.4 is 20.5 Å². The summed E-state index contributed by atoms with van der Waals surface area (Å²) in [6.45, 7) is 2.44. The van der Waals surface area contributed by atoms with Gasteiger partial charge >= 0.3 is 0 Å². The van der Waals surface area contributed by atoms with Crippen molar-refractivity contribution in [3.8, 4) is 11.5 Å². The standard InChI is InChI=1S/C15H20N2O3/c1-9-2-4-10(5-3-9)15(18)17-12-7-14-13(6-11(12)16)19-8-20-14/h6-7,9-10H,2-5,8,16H2,1H3,(H,17,18). The number of rotatable bonds is 2. The predicted octanol–water partition coefficient (Wildman–Crippen LogP) is 2.76. The van der Waals surface area contributed by atoms with Gasteiger partial charge in [-0.15, -0.1) is 0 Å². The van der Waals surface area contributed by atoms with Crippen molar-refractivity contribution in [1.82, 2.24) is 0 Å². The quantitative estimate of drug-likeness (QED) is 0.815. The van der Waals surface area contributed by atoms with Crippen LogP contribution in [0.15, 0.2) is 12.1 Å². The van der Waals surface area contributed by atoms with Crippen LogP contribution in [0.3, 0.4) is 0 Å². The van der Waals surface area contributed by atoms with Gasteiger partial charge in [-0.1, -0.05) is 6.92 Å². The number of nitrogens with one attached hydrogen (secondary N) is 1. The van der Waals surface area contributed by atoms with Crippen molar-refractivity contribution in [1.29, 1.82) is 0 Å². The first-order valence-electron chi connectivity index (χ1n) is 7.13. The lowest BCUT2D eigenvalue weighted by Crippen LogP contribution is -2.26. The third kappa shape index (κ3) is 2.53. The summed E-state index contributed by atoms with van der Waals surface area (Å²) in [6, 6.07) is 3.43. The van der Waals surface area contributed by atoms with Crippen molar-refractivity contribution in [2.45, 2.75) is 32.6 Å². The predicted molar refractivity (Wildman–Crippen MR) is 76.7 cm³/mol. The third-order valence-corrected chi connectivity index (χ3v) is 4.19. The molecule has 2 aliphatic rings. The summed E-state index contributed by atoms with van der Waals surface area (Å²) in [6.07, 6.45) is 4.15. The number of amides is 1. The summed E-state index contributed by atoms with van der Waals surface area (Å²) in [5.41, 5.74) is 7.06. The number of hydrogen-bond donors (Lipinski definition) is 2. The molecule has 0 aromatic heterocycles. The van der Waals surface area contributed by atoms with Crippen LogP contribution in [0.5, 0.6) is 11.5 Å². The van der Waals surface area contributed by atoms with Gasteiger partial charge in [0.25, 0.3) is 0 Å². The maximum atomic E-state index is 12.3. The van der Waals surface area contributed by atoms with E-state index in [1.807, 2.05) is 0 Å². The molecule has 0 radical (unpaired) electrons. The number of fused-ring (bicyclic) bond motifs is 1. The Morgan fingerprint density at radius 3 is 2.55 bits per heavy atom. The monoisotopic (exact) mass is 276 g/mol. The molecule has 1 aliphatic heterocycles. The lowest BCUT2D eigenvalue weighted by atomic mass is 9.82. The van der Waals surface area contributed by atoms with E-state index in [9.17, 15) is 4.79 Å². The van der Waals surface area contributed by atoms with Crippen LogP contribution in [0.4, 0.5) is 11.4 Å². The van der Waals surface area contributed by atoms with Crippen molar-refractivity contribution in [2.24, 2.45) is 11.8 Å². The molecule has 3 rings (SSSR count). The summed E-state index contributed by atoms with van der Waals surface area (Å²) in [4.78, 5) is 12.3. The molecular weight excluding hydrogens is 256 g/mol. The maximum Gasteiger partial charge on any atom is 0.231 e. The van der Waals surface area contributed by atoms with E-state index >= 15 is 0 Å². The summed E-state index contributed by atoms with van der Waals surface area (Å²) >= 11 is 0. The fourth-order valence-electron chi connectivity index (χ4n) is 2.82. The minimum Gasteiger partial charge on any atom is -0.454 e. The number of anilines is 2. The number of nitrogens with two attached hydrogens (primary N) is 1. The van der Waals surface area contributed by atoms with Gasteiger partial charge in [0, 0.05) is 18.1 Å². The highest BCUT2D eigenvalue weighted by Gasteiger charge is 2.25. The second-order valence-corrected chi connectivity index (χ2v) is 5.74. The van der Waals surface area contributed by atoms with E-state index in [1.165, 1.54) is 0 Å². The van der Waals surface area contributed by atoms with Crippen LogP contribution in [-0.2, 0) is 4.79 Å². The van der Waals surface area contributed by atoms with E-state index in [0.717, 1.165) is 31.6 Å². The van der Waals surface area contributed by atoms with Gasteiger partial charge in [0.15, 0.2) is 11.5 Å². The molecule has 0 unspecified atom stereocenters. The number of hydrogen-bond acceptors (Lipinski definition) is 4. The molecule has 5 heteroatoms. The van der Waals surface area contributed by atoms with Crippen molar-refractivity contribution < 1.29 is 14.3 Å². The van der Waals surface area contributed by atoms with Crippen LogP contribution >= 0.6 is 0 Å². The topological polar surface area (TPSA) is 73.6 Å². The van der Waals surface area contributed by atoms with Crippen LogP contribution in [0.25, 0.3) is 0 Å². The first-order valence-corrected chi connectivity index (χ1v) is 7.13. The maximum absolute atomic E-state index is 12.3. The molecule has 0 bridgehead atoms. The zero-order valence-corrected chi connectivity index (χ0v) is 11.6. The summed E-state index contributed by atoms with van der Waals surface area (Å²) in [5.74, 6) is 2.15. The fraction of sp³-hybridized carbons (Fsp3) is 0.533. The Hall–Kier alpha value is -1.91. The zero-order chi connectivity index (χ0) is 14.1. The fourth-order valence-corrected chi connectivity index (χ4v) is 2.82. The van der Waals surface area contributed by atoms with Gasteiger partial charge in [0.1, 0.15) is 0 Å². The molecule has 0 spiro atoms. The summed E-state index contributed by atoms with van der Waals surface area (Å²) < 4.78 is 10.6. The second-order valence-electron chi connectivity index (χ2n) is 5.74. The van der Waals surface area contributed by atoms with E-state index in [4.69, 9.17) is 15.2 Å². The Labute approximate surface area is 118 Å². The molecule has 1 saturated carbocycles. The van der Waals surface area contributed by atoms with Crippen LogP contribution in [0.1, 0.15) is 32.6 Å². The number of ether oxygens (including phenoxy) is 2. The Kier molecular flexibility index (Phi) is 3.42. The molecule has 1 fully saturated rings. The Bertz CT molecular complexity index is 522. The Balaban J connectivity index is 1.70. The highest BCUT2D eigenvalue weighted by molar-refractivity contribution is 5.96. The molecule has 5 nitrogen and oxygen atoms in total. The van der Waals surface area contributed by atoms with Gasteiger partial charge in [-0.2, -0.15) is 0 Å². The van der Waals surface area contributed by atoms with Crippen molar-refractivity contribution >= 4 is 17.3 Å². The second kappa shape index (κ2) is 5.23. The summed E-state index contributed by atoms with van der Waals surface area (Å²) in [5, 5.41) is 2.92. The van der Waals surface area contributed by atoms with E-state index in [2.05, 4.69) is 12.2 Å². The van der Waals surface area contributed by atoms with Gasteiger partial charge in [0.05, 0.1) is 11.4 Å². The van der Waals surface area contributed by atoms with Crippen LogP contribution in [-0.4, -0.2) is 12.7 Å². The lowest BCUT2D eigenvalue weighted by molar-refractivity contribution is -0.121. The van der Waals surface area contributed by atoms with Gasteiger partial charge < -0.3 is 20.5 Å². The molecule has 1 aromatic carbocycles.